The summed E-state index contributed by atoms with van der Waals surface area (Å²) in [4.78, 5) is 12.3. The van der Waals surface area contributed by atoms with Gasteiger partial charge in [0.25, 0.3) is 0 Å². The number of nitrogens with one attached hydrogen (secondary N) is 1. The second-order valence-corrected chi connectivity index (χ2v) is 5.23. The third-order valence-corrected chi connectivity index (χ3v) is 3.74. The molecular weight excluding hydrogens is 300 g/mol. The van der Waals surface area contributed by atoms with E-state index in [-0.39, 0.29) is 5.91 Å². The standard InChI is InChI=1S/C12H13BrN2OS/c1-2-6-15-12(16)8-17-11-5-3-4-10(13)9(11)7-14/h3-5H,2,6,8H2,1H3,(H,15,16). The molecule has 1 aromatic rings. The van der Waals surface area contributed by atoms with Crippen LogP contribution in [0.2, 0.25) is 0 Å². The van der Waals surface area contributed by atoms with E-state index in [4.69, 9.17) is 5.26 Å². The zero-order valence-corrected chi connectivity index (χ0v) is 11.9. The number of amides is 1. The molecule has 1 amide bonds. The first kappa shape index (κ1) is 14.1. The molecule has 1 N–H and O–H groups in total. The van der Waals surface area contributed by atoms with Gasteiger partial charge in [0, 0.05) is 15.9 Å². The number of thioether (sulfide) groups is 1. The molecule has 3 nitrogen and oxygen atoms in total. The summed E-state index contributed by atoms with van der Waals surface area (Å²) >= 11 is 4.70. The Balaban J connectivity index is 2.61. The van der Waals surface area contributed by atoms with Crippen molar-refractivity contribution in [1.82, 2.24) is 5.32 Å². The van der Waals surface area contributed by atoms with Crippen molar-refractivity contribution in [2.24, 2.45) is 0 Å². The van der Waals surface area contributed by atoms with Gasteiger partial charge in [-0.1, -0.05) is 13.0 Å². The van der Waals surface area contributed by atoms with E-state index in [2.05, 4.69) is 27.3 Å². The second-order valence-electron chi connectivity index (χ2n) is 3.36. The van der Waals surface area contributed by atoms with Crippen molar-refractivity contribution < 1.29 is 4.79 Å². The molecule has 0 atom stereocenters. The third-order valence-electron chi connectivity index (χ3n) is 2.02. The van der Waals surface area contributed by atoms with Crippen molar-refractivity contribution in [1.29, 1.82) is 5.26 Å². The van der Waals surface area contributed by atoms with Crippen LogP contribution in [0.1, 0.15) is 18.9 Å². The maximum atomic E-state index is 11.4. The highest BCUT2D eigenvalue weighted by Gasteiger charge is 2.08. The Morgan fingerprint density at radius 1 is 1.59 bits per heavy atom. The highest BCUT2D eigenvalue weighted by Crippen LogP contribution is 2.27. The quantitative estimate of drug-likeness (QED) is 0.850. The van der Waals surface area contributed by atoms with Gasteiger partial charge in [-0.2, -0.15) is 5.26 Å². The summed E-state index contributed by atoms with van der Waals surface area (Å²) in [5, 5.41) is 11.8. The van der Waals surface area contributed by atoms with Crippen molar-refractivity contribution >= 4 is 33.6 Å². The zero-order valence-electron chi connectivity index (χ0n) is 9.50. The van der Waals surface area contributed by atoms with Crippen LogP contribution in [0.3, 0.4) is 0 Å². The first-order valence-corrected chi connectivity index (χ1v) is 7.05. The van der Waals surface area contributed by atoms with Crippen LogP contribution in [0.25, 0.3) is 0 Å². The molecule has 90 valence electrons. The SMILES string of the molecule is CCCNC(=O)CSc1cccc(Br)c1C#N. The van der Waals surface area contributed by atoms with Crippen molar-refractivity contribution in [2.45, 2.75) is 18.2 Å². The Kier molecular flexibility index (Phi) is 6.09. The first-order valence-electron chi connectivity index (χ1n) is 5.27. The summed E-state index contributed by atoms with van der Waals surface area (Å²) in [5.74, 6) is 0.339. The van der Waals surface area contributed by atoms with Crippen molar-refractivity contribution in [3.8, 4) is 6.07 Å². The average molecular weight is 313 g/mol. The molecule has 17 heavy (non-hydrogen) atoms. The number of nitriles is 1. The van der Waals surface area contributed by atoms with Gasteiger partial charge < -0.3 is 5.32 Å². The molecule has 0 heterocycles. The van der Waals surface area contributed by atoms with E-state index < -0.39 is 0 Å². The van der Waals surface area contributed by atoms with Gasteiger partial charge in [0.2, 0.25) is 5.91 Å². The number of nitrogens with zero attached hydrogens (tertiary/aromatic N) is 1. The number of benzene rings is 1. The van der Waals surface area contributed by atoms with E-state index in [9.17, 15) is 4.79 Å². The van der Waals surface area contributed by atoms with Gasteiger partial charge in [-0.25, -0.2) is 0 Å². The van der Waals surface area contributed by atoms with E-state index in [1.807, 2.05) is 25.1 Å². The Hall–Kier alpha value is -0.990. The molecular formula is C12H13BrN2OS. The number of hydrogen-bond acceptors (Lipinski definition) is 3. The van der Waals surface area contributed by atoms with Gasteiger partial charge in [-0.15, -0.1) is 11.8 Å². The largest absolute Gasteiger partial charge is 0.355 e. The van der Waals surface area contributed by atoms with Crippen molar-refractivity contribution in [3.63, 3.8) is 0 Å². The minimum atomic E-state index is 0.000662. The lowest BCUT2D eigenvalue weighted by Crippen LogP contribution is -2.25. The van der Waals surface area contributed by atoms with E-state index in [1.165, 1.54) is 11.8 Å². The molecule has 0 saturated carbocycles. The molecule has 0 aliphatic heterocycles. The van der Waals surface area contributed by atoms with Gasteiger partial charge in [-0.05, 0) is 34.5 Å². The summed E-state index contributed by atoms with van der Waals surface area (Å²) in [5.41, 5.74) is 0.584. The first-order chi connectivity index (χ1) is 8.19. The fourth-order valence-electron chi connectivity index (χ4n) is 1.19. The van der Waals surface area contributed by atoms with Crippen LogP contribution in [-0.4, -0.2) is 18.2 Å². The van der Waals surface area contributed by atoms with Gasteiger partial charge in [0.15, 0.2) is 0 Å². The number of rotatable bonds is 5. The predicted octanol–water partition coefficient (Wildman–Crippen LogP) is 2.94. The Labute approximate surface area is 114 Å². The summed E-state index contributed by atoms with van der Waals surface area (Å²) < 4.78 is 0.763. The molecule has 1 aromatic carbocycles. The topological polar surface area (TPSA) is 52.9 Å². The lowest BCUT2D eigenvalue weighted by molar-refractivity contribution is -0.118. The van der Waals surface area contributed by atoms with E-state index >= 15 is 0 Å². The molecule has 0 bridgehead atoms. The number of hydrogen-bond donors (Lipinski definition) is 1. The molecule has 0 fully saturated rings. The minimum Gasteiger partial charge on any atom is -0.355 e. The lowest BCUT2D eigenvalue weighted by Gasteiger charge is -2.05. The van der Waals surface area contributed by atoms with E-state index in [1.54, 1.807) is 0 Å². The number of halogens is 1. The number of carbonyl (C=O) groups excluding carboxylic acids is 1. The molecule has 0 spiro atoms. The van der Waals surface area contributed by atoms with Crippen LogP contribution in [0.15, 0.2) is 27.6 Å². The second kappa shape index (κ2) is 7.36. The molecule has 1 rings (SSSR count). The number of carbonyl (C=O) groups is 1. The van der Waals surface area contributed by atoms with Crippen LogP contribution in [0, 0.1) is 11.3 Å². The van der Waals surface area contributed by atoms with Crippen LogP contribution in [-0.2, 0) is 4.79 Å². The maximum Gasteiger partial charge on any atom is 0.230 e. The Morgan fingerprint density at radius 2 is 2.35 bits per heavy atom. The smallest absolute Gasteiger partial charge is 0.230 e. The Morgan fingerprint density at radius 3 is 3.00 bits per heavy atom. The monoisotopic (exact) mass is 312 g/mol. The average Bonchev–Trinajstić information content (AvgIpc) is 2.33. The predicted molar refractivity (Wildman–Crippen MR) is 72.9 cm³/mol. The molecule has 0 radical (unpaired) electrons. The highest BCUT2D eigenvalue weighted by molar-refractivity contribution is 9.10. The van der Waals surface area contributed by atoms with Gasteiger partial charge in [-0.3, -0.25) is 4.79 Å². The van der Waals surface area contributed by atoms with Gasteiger partial charge in [0.1, 0.15) is 6.07 Å². The van der Waals surface area contributed by atoms with Crippen LogP contribution in [0.5, 0.6) is 0 Å². The molecule has 0 aromatic heterocycles. The summed E-state index contributed by atoms with van der Waals surface area (Å²) in [6, 6.07) is 7.66. The van der Waals surface area contributed by atoms with Crippen LogP contribution in [0.4, 0.5) is 0 Å². The summed E-state index contributed by atoms with van der Waals surface area (Å²) in [6.07, 6.45) is 0.927. The van der Waals surface area contributed by atoms with Crippen LogP contribution < -0.4 is 5.32 Å². The van der Waals surface area contributed by atoms with Crippen molar-refractivity contribution in [3.05, 3.63) is 28.2 Å². The maximum absolute atomic E-state index is 11.4. The fourth-order valence-corrected chi connectivity index (χ4v) is 2.64. The summed E-state index contributed by atoms with van der Waals surface area (Å²) in [6.45, 7) is 2.71. The lowest BCUT2D eigenvalue weighted by atomic mass is 10.2. The molecule has 0 aliphatic rings. The molecule has 0 aliphatic carbocycles. The van der Waals surface area contributed by atoms with Gasteiger partial charge >= 0.3 is 0 Å². The third kappa shape index (κ3) is 4.41. The zero-order chi connectivity index (χ0) is 12.7. The van der Waals surface area contributed by atoms with Crippen LogP contribution >= 0.6 is 27.7 Å². The van der Waals surface area contributed by atoms with E-state index in [0.717, 1.165) is 15.8 Å². The Bertz CT molecular complexity index is 443. The highest BCUT2D eigenvalue weighted by atomic mass is 79.9. The fraction of sp³-hybridized carbons (Fsp3) is 0.333. The minimum absolute atomic E-state index is 0.000662. The van der Waals surface area contributed by atoms with Crippen molar-refractivity contribution in [2.75, 3.05) is 12.3 Å². The molecule has 0 saturated heterocycles. The normalized spacial score (nSPS) is 9.71. The molecule has 0 unspecified atom stereocenters. The summed E-state index contributed by atoms with van der Waals surface area (Å²) in [7, 11) is 0. The van der Waals surface area contributed by atoms with Gasteiger partial charge in [0.05, 0.1) is 11.3 Å². The van der Waals surface area contributed by atoms with E-state index in [0.29, 0.717) is 17.9 Å². The molecule has 5 heteroatoms.